The molecule has 30 heavy (non-hydrogen) atoms. The van der Waals surface area contributed by atoms with Crippen molar-refractivity contribution in [3.8, 4) is 0 Å². The molecule has 0 aliphatic heterocycles. The monoisotopic (exact) mass is 414 g/mol. The number of halogens is 2. The van der Waals surface area contributed by atoms with Crippen LogP contribution in [0, 0.1) is 0 Å². The average molecular weight is 414 g/mol. The molecular formula is C21H20F2N4O3. The van der Waals surface area contributed by atoms with Gasteiger partial charge in [-0.25, -0.2) is 9.78 Å². The zero-order valence-electron chi connectivity index (χ0n) is 16.3. The van der Waals surface area contributed by atoms with E-state index in [9.17, 15) is 18.4 Å². The molecule has 0 unspecified atom stereocenters. The molecule has 0 saturated carbocycles. The van der Waals surface area contributed by atoms with Crippen molar-refractivity contribution in [3.63, 3.8) is 0 Å². The van der Waals surface area contributed by atoms with Gasteiger partial charge in [0.05, 0.1) is 28.5 Å². The first-order chi connectivity index (χ1) is 14.5. The lowest BCUT2D eigenvalue weighted by Gasteiger charge is -2.09. The number of alkyl halides is 2. The van der Waals surface area contributed by atoms with E-state index in [2.05, 4.69) is 4.98 Å². The van der Waals surface area contributed by atoms with E-state index in [0.717, 1.165) is 15.6 Å². The van der Waals surface area contributed by atoms with Crippen LogP contribution in [0.2, 0.25) is 0 Å². The minimum absolute atomic E-state index is 0.0284. The highest BCUT2D eigenvalue weighted by molar-refractivity contribution is 5.77. The maximum Gasteiger partial charge on any atom is 0.329 e. The molecule has 2 aromatic heterocycles. The largest absolute Gasteiger partial charge is 0.457 e. The molecule has 0 N–H and O–H groups in total. The fraction of sp³-hybridized carbons (Fsp3) is 0.286. The first-order valence-corrected chi connectivity index (χ1v) is 9.59. The number of esters is 1. The second kappa shape index (κ2) is 8.10. The van der Waals surface area contributed by atoms with Crippen LogP contribution in [0.3, 0.4) is 0 Å². The number of imidazole rings is 2. The van der Waals surface area contributed by atoms with E-state index in [-0.39, 0.29) is 36.6 Å². The summed E-state index contributed by atoms with van der Waals surface area (Å²) in [5.41, 5.74) is 2.01. The number of carbonyl (C=O) groups is 1. The summed E-state index contributed by atoms with van der Waals surface area (Å²) in [6, 6.07) is 13.8. The number of carbonyl (C=O) groups excluding carboxylic acids is 1. The Kier molecular flexibility index (Phi) is 5.35. The van der Waals surface area contributed by atoms with Gasteiger partial charge in [-0.15, -0.1) is 0 Å². The molecule has 4 aromatic rings. The lowest BCUT2D eigenvalue weighted by Crippen LogP contribution is -2.25. The summed E-state index contributed by atoms with van der Waals surface area (Å²) in [6.45, 7) is -0.646. The topological polar surface area (TPSA) is 71.1 Å². The van der Waals surface area contributed by atoms with E-state index in [1.165, 1.54) is 10.6 Å². The number of fused-ring (bicyclic) bond motifs is 2. The third-order valence-electron chi connectivity index (χ3n) is 5.01. The van der Waals surface area contributed by atoms with Gasteiger partial charge in [-0.2, -0.15) is 8.78 Å². The second-order valence-corrected chi connectivity index (χ2v) is 6.74. The highest BCUT2D eigenvalue weighted by Gasteiger charge is 2.19. The molecule has 4 rings (SSSR count). The third-order valence-corrected chi connectivity index (χ3v) is 5.01. The Morgan fingerprint density at radius 3 is 2.33 bits per heavy atom. The van der Waals surface area contributed by atoms with E-state index in [0.29, 0.717) is 12.1 Å². The molecule has 0 amide bonds. The zero-order valence-corrected chi connectivity index (χ0v) is 16.3. The number of hydrogen-bond acceptors (Lipinski definition) is 4. The Morgan fingerprint density at radius 2 is 1.67 bits per heavy atom. The molecule has 0 bridgehead atoms. The van der Waals surface area contributed by atoms with E-state index >= 15 is 0 Å². The minimum atomic E-state index is -2.80. The van der Waals surface area contributed by atoms with Crippen LogP contribution in [-0.4, -0.2) is 24.7 Å². The van der Waals surface area contributed by atoms with Gasteiger partial charge in [0.15, 0.2) is 5.82 Å². The van der Waals surface area contributed by atoms with Gasteiger partial charge >= 0.3 is 18.2 Å². The third kappa shape index (κ3) is 3.47. The summed E-state index contributed by atoms with van der Waals surface area (Å²) >= 11 is 0. The Bertz CT molecular complexity index is 1270. The molecule has 0 spiro atoms. The fourth-order valence-corrected chi connectivity index (χ4v) is 3.63. The Labute approximate surface area is 170 Å². The van der Waals surface area contributed by atoms with Crippen LogP contribution >= 0.6 is 0 Å². The van der Waals surface area contributed by atoms with Gasteiger partial charge in [-0.1, -0.05) is 24.3 Å². The van der Waals surface area contributed by atoms with E-state index in [4.69, 9.17) is 4.74 Å². The van der Waals surface area contributed by atoms with Crippen molar-refractivity contribution >= 4 is 28.0 Å². The summed E-state index contributed by atoms with van der Waals surface area (Å²) in [5.74, 6) is -0.623. The van der Waals surface area contributed by atoms with Gasteiger partial charge in [0, 0.05) is 13.1 Å². The smallest absolute Gasteiger partial charge is 0.329 e. The molecule has 2 aromatic carbocycles. The fourth-order valence-electron chi connectivity index (χ4n) is 3.63. The van der Waals surface area contributed by atoms with Crippen LogP contribution in [0.4, 0.5) is 8.78 Å². The van der Waals surface area contributed by atoms with Gasteiger partial charge < -0.3 is 4.74 Å². The number of nitrogens with zero attached hydrogens (tertiary/aromatic N) is 4. The Morgan fingerprint density at radius 1 is 1.03 bits per heavy atom. The van der Waals surface area contributed by atoms with Crippen LogP contribution in [0.5, 0.6) is 0 Å². The number of aromatic nitrogens is 4. The molecule has 9 heteroatoms. The molecule has 0 fully saturated rings. The maximum atomic E-state index is 13.5. The van der Waals surface area contributed by atoms with Crippen molar-refractivity contribution in [2.75, 3.05) is 0 Å². The van der Waals surface area contributed by atoms with E-state index < -0.39 is 12.5 Å². The molecule has 0 saturated heterocycles. The number of rotatable bonds is 7. The Hall–Kier alpha value is -3.49. The van der Waals surface area contributed by atoms with Crippen LogP contribution < -0.4 is 5.69 Å². The SMILES string of the molecule is CCn1c(=O)n(CCC(=O)OCc2nc3ccccc3n2C(F)F)c2ccccc21. The molecular weight excluding hydrogens is 394 g/mol. The average Bonchev–Trinajstić information content (AvgIpc) is 3.25. The predicted molar refractivity (Wildman–Crippen MR) is 107 cm³/mol. The summed E-state index contributed by atoms with van der Waals surface area (Å²) in [5, 5.41) is 0. The number of hydrogen-bond donors (Lipinski definition) is 0. The number of ether oxygens (including phenoxy) is 1. The zero-order chi connectivity index (χ0) is 21.3. The van der Waals surface area contributed by atoms with Crippen LogP contribution in [0.15, 0.2) is 53.3 Å². The summed E-state index contributed by atoms with van der Waals surface area (Å²) < 4.78 is 36.0. The van der Waals surface area contributed by atoms with Crippen molar-refractivity contribution in [2.24, 2.45) is 0 Å². The van der Waals surface area contributed by atoms with E-state index in [1.54, 1.807) is 22.8 Å². The first kappa shape index (κ1) is 19.8. The molecule has 2 heterocycles. The minimum Gasteiger partial charge on any atom is -0.457 e. The standard InChI is InChI=1S/C21H20F2N4O3/c1-2-25-16-9-5-6-10-17(16)26(21(25)29)12-11-19(28)30-13-18-24-14-7-3-4-8-15(14)27(18)20(22)23/h3-10,20H,2,11-13H2,1H3. The second-order valence-electron chi connectivity index (χ2n) is 6.74. The van der Waals surface area contributed by atoms with Crippen molar-refractivity contribution in [2.45, 2.75) is 39.6 Å². The van der Waals surface area contributed by atoms with Gasteiger partial charge in [-0.05, 0) is 31.2 Å². The van der Waals surface area contributed by atoms with Crippen LogP contribution in [0.25, 0.3) is 22.1 Å². The highest BCUT2D eigenvalue weighted by Crippen LogP contribution is 2.23. The first-order valence-electron chi connectivity index (χ1n) is 9.59. The van der Waals surface area contributed by atoms with Crippen molar-refractivity contribution < 1.29 is 18.3 Å². The van der Waals surface area contributed by atoms with Crippen molar-refractivity contribution in [1.82, 2.24) is 18.7 Å². The molecule has 0 aliphatic rings. The quantitative estimate of drug-likeness (QED) is 0.433. The van der Waals surface area contributed by atoms with Crippen molar-refractivity contribution in [3.05, 3.63) is 64.8 Å². The summed E-state index contributed by atoms with van der Waals surface area (Å²) in [6.07, 6.45) is -0.0630. The summed E-state index contributed by atoms with van der Waals surface area (Å²) in [7, 11) is 0. The molecule has 0 aliphatic carbocycles. The van der Waals surface area contributed by atoms with Gasteiger partial charge in [0.25, 0.3) is 0 Å². The van der Waals surface area contributed by atoms with E-state index in [1.807, 2.05) is 31.2 Å². The van der Waals surface area contributed by atoms with Crippen molar-refractivity contribution in [1.29, 1.82) is 0 Å². The van der Waals surface area contributed by atoms with Gasteiger partial charge in [0.1, 0.15) is 6.61 Å². The van der Waals surface area contributed by atoms with Gasteiger partial charge in [-0.3, -0.25) is 18.5 Å². The van der Waals surface area contributed by atoms with Crippen LogP contribution in [-0.2, 0) is 29.2 Å². The lowest BCUT2D eigenvalue weighted by molar-refractivity contribution is -0.145. The maximum absolute atomic E-state index is 13.5. The molecule has 7 nitrogen and oxygen atoms in total. The lowest BCUT2D eigenvalue weighted by atomic mass is 10.3. The summed E-state index contributed by atoms with van der Waals surface area (Å²) in [4.78, 5) is 29.0. The molecule has 0 atom stereocenters. The molecule has 156 valence electrons. The van der Waals surface area contributed by atoms with Gasteiger partial charge in [0.2, 0.25) is 0 Å². The predicted octanol–water partition coefficient (Wildman–Crippen LogP) is 3.70. The molecule has 0 radical (unpaired) electrons. The normalized spacial score (nSPS) is 11.6. The van der Waals surface area contributed by atoms with Crippen LogP contribution in [0.1, 0.15) is 25.7 Å². The highest BCUT2D eigenvalue weighted by atomic mass is 19.3. The number of aryl methyl sites for hydroxylation is 2. The number of para-hydroxylation sites is 4. The Balaban J connectivity index is 1.48. The number of benzene rings is 2.